The molecule has 2 amide bonds. The standard InChI is InChI=1S/C13H18N2O3/c1-3-11(14-10(2)16)9-18-13(17)15-12-7-5-4-6-8-12/h4-8,11H,3,9H2,1-2H3,(H,14,16)(H,15,17). The number of nitrogens with one attached hydrogen (secondary N) is 2. The van der Waals surface area contributed by atoms with Crippen molar-refractivity contribution in [1.29, 1.82) is 0 Å². The molecule has 0 fully saturated rings. The van der Waals surface area contributed by atoms with Crippen molar-refractivity contribution in [3.63, 3.8) is 0 Å². The maximum atomic E-state index is 11.5. The predicted octanol–water partition coefficient (Wildman–Crippen LogP) is 2.15. The minimum atomic E-state index is -0.523. The van der Waals surface area contributed by atoms with Gasteiger partial charge < -0.3 is 10.1 Å². The first-order valence-electron chi connectivity index (χ1n) is 5.87. The summed E-state index contributed by atoms with van der Waals surface area (Å²) in [7, 11) is 0. The van der Waals surface area contributed by atoms with Gasteiger partial charge in [-0.25, -0.2) is 4.79 Å². The van der Waals surface area contributed by atoms with Gasteiger partial charge in [-0.3, -0.25) is 10.1 Å². The maximum Gasteiger partial charge on any atom is 0.411 e. The van der Waals surface area contributed by atoms with Gasteiger partial charge in [-0.2, -0.15) is 0 Å². The molecule has 1 aromatic carbocycles. The molecule has 0 radical (unpaired) electrons. The van der Waals surface area contributed by atoms with Crippen LogP contribution in [0.5, 0.6) is 0 Å². The maximum absolute atomic E-state index is 11.5. The zero-order chi connectivity index (χ0) is 13.4. The summed E-state index contributed by atoms with van der Waals surface area (Å²) >= 11 is 0. The van der Waals surface area contributed by atoms with Gasteiger partial charge in [0.05, 0.1) is 6.04 Å². The van der Waals surface area contributed by atoms with E-state index in [1.54, 1.807) is 12.1 Å². The molecular formula is C13H18N2O3. The molecule has 0 saturated carbocycles. The summed E-state index contributed by atoms with van der Waals surface area (Å²) in [5, 5.41) is 5.31. The Labute approximate surface area is 107 Å². The van der Waals surface area contributed by atoms with E-state index >= 15 is 0 Å². The smallest absolute Gasteiger partial charge is 0.411 e. The quantitative estimate of drug-likeness (QED) is 0.841. The number of amides is 2. The van der Waals surface area contributed by atoms with E-state index in [4.69, 9.17) is 4.74 Å². The first-order valence-corrected chi connectivity index (χ1v) is 5.87. The number of carbonyl (C=O) groups is 2. The van der Waals surface area contributed by atoms with Gasteiger partial charge in [0.15, 0.2) is 0 Å². The van der Waals surface area contributed by atoms with Crippen LogP contribution in [0.3, 0.4) is 0 Å². The van der Waals surface area contributed by atoms with Crippen molar-refractivity contribution in [2.75, 3.05) is 11.9 Å². The van der Waals surface area contributed by atoms with Crippen LogP contribution in [-0.2, 0) is 9.53 Å². The molecule has 0 heterocycles. The van der Waals surface area contributed by atoms with Crippen molar-refractivity contribution in [2.24, 2.45) is 0 Å². The van der Waals surface area contributed by atoms with E-state index in [-0.39, 0.29) is 18.6 Å². The van der Waals surface area contributed by atoms with Crippen molar-refractivity contribution in [2.45, 2.75) is 26.3 Å². The second-order valence-electron chi connectivity index (χ2n) is 3.90. The van der Waals surface area contributed by atoms with Crippen LogP contribution in [0, 0.1) is 0 Å². The monoisotopic (exact) mass is 250 g/mol. The number of hydrogen-bond donors (Lipinski definition) is 2. The molecule has 0 saturated heterocycles. The van der Waals surface area contributed by atoms with Gasteiger partial charge in [0.1, 0.15) is 6.61 Å². The summed E-state index contributed by atoms with van der Waals surface area (Å²) in [6, 6.07) is 8.90. The van der Waals surface area contributed by atoms with E-state index in [0.29, 0.717) is 12.1 Å². The van der Waals surface area contributed by atoms with E-state index < -0.39 is 6.09 Å². The van der Waals surface area contributed by atoms with Crippen LogP contribution in [0.25, 0.3) is 0 Å². The third-order valence-electron chi connectivity index (χ3n) is 2.34. The van der Waals surface area contributed by atoms with Crippen LogP contribution in [0.4, 0.5) is 10.5 Å². The number of anilines is 1. The summed E-state index contributed by atoms with van der Waals surface area (Å²) in [5.41, 5.74) is 0.676. The number of para-hydroxylation sites is 1. The van der Waals surface area contributed by atoms with Crippen LogP contribution < -0.4 is 10.6 Å². The molecule has 1 aromatic rings. The number of carbonyl (C=O) groups excluding carboxylic acids is 2. The highest BCUT2D eigenvalue weighted by molar-refractivity contribution is 5.84. The highest BCUT2D eigenvalue weighted by Gasteiger charge is 2.10. The van der Waals surface area contributed by atoms with Gasteiger partial charge in [0.2, 0.25) is 5.91 Å². The Kier molecular flexibility index (Phi) is 5.70. The van der Waals surface area contributed by atoms with Gasteiger partial charge in [0, 0.05) is 12.6 Å². The van der Waals surface area contributed by atoms with Gasteiger partial charge >= 0.3 is 6.09 Å². The van der Waals surface area contributed by atoms with Crippen LogP contribution in [-0.4, -0.2) is 24.6 Å². The lowest BCUT2D eigenvalue weighted by Crippen LogP contribution is -2.37. The van der Waals surface area contributed by atoms with E-state index in [1.165, 1.54) is 6.92 Å². The lowest BCUT2D eigenvalue weighted by molar-refractivity contribution is -0.120. The van der Waals surface area contributed by atoms with Gasteiger partial charge in [-0.05, 0) is 18.6 Å². The average Bonchev–Trinajstić information content (AvgIpc) is 2.35. The minimum absolute atomic E-state index is 0.131. The van der Waals surface area contributed by atoms with E-state index in [2.05, 4.69) is 10.6 Å². The summed E-state index contributed by atoms with van der Waals surface area (Å²) in [6.45, 7) is 3.51. The van der Waals surface area contributed by atoms with Crippen molar-refractivity contribution in [3.8, 4) is 0 Å². The van der Waals surface area contributed by atoms with Crippen LogP contribution in [0.15, 0.2) is 30.3 Å². The van der Waals surface area contributed by atoms with Crippen molar-refractivity contribution in [3.05, 3.63) is 30.3 Å². The Balaban J connectivity index is 2.34. The third-order valence-corrected chi connectivity index (χ3v) is 2.34. The number of hydrogen-bond acceptors (Lipinski definition) is 3. The fourth-order valence-corrected chi connectivity index (χ4v) is 1.40. The highest BCUT2D eigenvalue weighted by atomic mass is 16.5. The lowest BCUT2D eigenvalue weighted by atomic mass is 10.2. The molecule has 0 spiro atoms. The first kappa shape index (κ1) is 14.0. The van der Waals surface area contributed by atoms with Crippen LogP contribution in [0.2, 0.25) is 0 Å². The normalized spacial score (nSPS) is 11.4. The van der Waals surface area contributed by atoms with Crippen LogP contribution in [0.1, 0.15) is 20.3 Å². The molecule has 0 bridgehead atoms. The molecule has 0 aliphatic heterocycles. The Bertz CT molecular complexity index is 392. The largest absolute Gasteiger partial charge is 0.447 e. The fraction of sp³-hybridized carbons (Fsp3) is 0.385. The van der Waals surface area contributed by atoms with Crippen molar-refractivity contribution in [1.82, 2.24) is 5.32 Å². The van der Waals surface area contributed by atoms with Gasteiger partial charge in [-0.15, -0.1) is 0 Å². The molecule has 18 heavy (non-hydrogen) atoms. The third kappa shape index (κ3) is 5.34. The second-order valence-corrected chi connectivity index (χ2v) is 3.90. The highest BCUT2D eigenvalue weighted by Crippen LogP contribution is 2.05. The van der Waals surface area contributed by atoms with E-state index in [1.807, 2.05) is 25.1 Å². The Hall–Kier alpha value is -2.04. The molecule has 1 atom stereocenters. The average molecular weight is 250 g/mol. The minimum Gasteiger partial charge on any atom is -0.447 e. The predicted molar refractivity (Wildman–Crippen MR) is 69.3 cm³/mol. The van der Waals surface area contributed by atoms with Crippen molar-refractivity contribution < 1.29 is 14.3 Å². The molecule has 5 nitrogen and oxygen atoms in total. The molecule has 2 N–H and O–H groups in total. The molecular weight excluding hydrogens is 232 g/mol. The molecule has 0 aliphatic carbocycles. The van der Waals surface area contributed by atoms with Gasteiger partial charge in [0.25, 0.3) is 0 Å². The Morgan fingerprint density at radius 2 is 1.94 bits per heavy atom. The molecule has 0 aromatic heterocycles. The molecule has 0 aliphatic rings. The Morgan fingerprint density at radius 1 is 1.28 bits per heavy atom. The summed E-state index contributed by atoms with van der Waals surface area (Å²) in [6.07, 6.45) is 0.183. The van der Waals surface area contributed by atoms with E-state index in [9.17, 15) is 9.59 Å². The molecule has 1 unspecified atom stereocenters. The lowest BCUT2D eigenvalue weighted by Gasteiger charge is -2.16. The number of benzene rings is 1. The number of rotatable bonds is 5. The summed E-state index contributed by atoms with van der Waals surface area (Å²) in [5.74, 6) is -0.131. The Morgan fingerprint density at radius 3 is 2.50 bits per heavy atom. The van der Waals surface area contributed by atoms with Crippen LogP contribution >= 0.6 is 0 Å². The second kappa shape index (κ2) is 7.32. The first-order chi connectivity index (χ1) is 8.61. The molecule has 5 heteroatoms. The summed E-state index contributed by atoms with van der Waals surface area (Å²) in [4.78, 5) is 22.4. The zero-order valence-electron chi connectivity index (χ0n) is 10.6. The SMILES string of the molecule is CCC(COC(=O)Nc1ccccc1)NC(C)=O. The van der Waals surface area contributed by atoms with E-state index in [0.717, 1.165) is 0 Å². The van der Waals surface area contributed by atoms with Gasteiger partial charge in [-0.1, -0.05) is 25.1 Å². The number of ether oxygens (including phenoxy) is 1. The van der Waals surface area contributed by atoms with Crippen molar-refractivity contribution >= 4 is 17.7 Å². The molecule has 1 rings (SSSR count). The molecule has 98 valence electrons. The summed E-state index contributed by atoms with van der Waals surface area (Å²) < 4.78 is 5.04. The fourth-order valence-electron chi connectivity index (χ4n) is 1.40. The zero-order valence-corrected chi connectivity index (χ0v) is 10.6. The topological polar surface area (TPSA) is 67.4 Å².